The lowest BCUT2D eigenvalue weighted by Crippen LogP contribution is -2.51. The quantitative estimate of drug-likeness (QED) is 0.486. The number of hydrogen-bond donors (Lipinski definition) is 0. The van der Waals surface area contributed by atoms with Crippen LogP contribution < -0.4 is 0 Å². The predicted molar refractivity (Wildman–Crippen MR) is 111 cm³/mol. The summed E-state index contributed by atoms with van der Waals surface area (Å²) in [5.41, 5.74) is 0.958. The molecule has 0 bridgehead atoms. The van der Waals surface area contributed by atoms with Crippen LogP contribution in [0.25, 0.3) is 5.69 Å². The van der Waals surface area contributed by atoms with Gasteiger partial charge in [-0.25, -0.2) is 17.9 Å². The summed E-state index contributed by atoms with van der Waals surface area (Å²) in [6, 6.07) is 14.6. The third kappa shape index (κ3) is 4.65. The number of tetrazole rings is 1. The smallest absolute Gasteiger partial charge is 0.338 e. The van der Waals surface area contributed by atoms with E-state index in [1.807, 2.05) is 0 Å². The van der Waals surface area contributed by atoms with Crippen molar-refractivity contribution in [3.05, 3.63) is 66.5 Å². The number of aromatic nitrogens is 4. The van der Waals surface area contributed by atoms with Crippen LogP contribution in [0.5, 0.6) is 0 Å². The van der Waals surface area contributed by atoms with Gasteiger partial charge >= 0.3 is 5.97 Å². The van der Waals surface area contributed by atoms with E-state index in [4.69, 9.17) is 4.74 Å². The highest BCUT2D eigenvalue weighted by atomic mass is 32.2. The van der Waals surface area contributed by atoms with Crippen LogP contribution in [0.4, 0.5) is 0 Å². The Hall–Kier alpha value is -3.64. The average molecular weight is 456 g/mol. The van der Waals surface area contributed by atoms with Gasteiger partial charge in [-0.2, -0.15) is 4.31 Å². The van der Waals surface area contributed by atoms with Gasteiger partial charge in [0, 0.05) is 26.2 Å². The Morgan fingerprint density at radius 2 is 1.62 bits per heavy atom. The Kier molecular flexibility index (Phi) is 6.23. The molecule has 2 aromatic carbocycles. The standard InChI is InChI=1S/C20H20N6O5S/c27-19(14-31-20(28)16-6-8-17(9-7-16)26-15-21-22-23-26)24-10-12-25(13-11-24)32(29,30)18-4-2-1-3-5-18/h1-9,15H,10-14H2. The third-order valence-electron chi connectivity index (χ3n) is 5.02. The van der Waals surface area contributed by atoms with Gasteiger partial charge in [-0.05, 0) is 46.8 Å². The maximum absolute atomic E-state index is 12.7. The fraction of sp³-hybridized carbons (Fsp3) is 0.250. The van der Waals surface area contributed by atoms with E-state index in [-0.39, 0.29) is 42.5 Å². The Labute approximate surface area is 184 Å². The number of carbonyl (C=O) groups excluding carboxylic acids is 2. The molecule has 1 aliphatic heterocycles. The molecule has 0 N–H and O–H groups in total. The molecule has 2 heterocycles. The van der Waals surface area contributed by atoms with Gasteiger partial charge in [-0.15, -0.1) is 5.10 Å². The van der Waals surface area contributed by atoms with Crippen molar-refractivity contribution in [1.82, 2.24) is 29.4 Å². The predicted octanol–water partition coefficient (Wildman–Crippen LogP) is 0.352. The fourth-order valence-electron chi connectivity index (χ4n) is 3.25. The minimum absolute atomic E-state index is 0.176. The number of hydrogen-bond acceptors (Lipinski definition) is 8. The van der Waals surface area contributed by atoms with Crippen molar-refractivity contribution in [2.45, 2.75) is 4.90 Å². The van der Waals surface area contributed by atoms with E-state index < -0.39 is 22.6 Å². The summed E-state index contributed by atoms with van der Waals surface area (Å²) < 4.78 is 33.3. The zero-order chi connectivity index (χ0) is 22.6. The lowest BCUT2D eigenvalue weighted by molar-refractivity contribution is -0.135. The van der Waals surface area contributed by atoms with Crippen LogP contribution in [-0.4, -0.2) is 82.5 Å². The summed E-state index contributed by atoms with van der Waals surface area (Å²) in [6.45, 7) is 0.385. The van der Waals surface area contributed by atoms with Crippen molar-refractivity contribution >= 4 is 21.9 Å². The Morgan fingerprint density at radius 1 is 0.938 bits per heavy atom. The van der Waals surface area contributed by atoms with Crippen LogP contribution in [0, 0.1) is 0 Å². The second-order valence-corrected chi connectivity index (χ2v) is 8.91. The van der Waals surface area contributed by atoms with Crippen LogP contribution in [0.15, 0.2) is 65.8 Å². The largest absolute Gasteiger partial charge is 0.452 e. The highest BCUT2D eigenvalue weighted by molar-refractivity contribution is 7.89. The van der Waals surface area contributed by atoms with Gasteiger partial charge in [0.25, 0.3) is 5.91 Å². The van der Waals surface area contributed by atoms with Crippen molar-refractivity contribution < 1.29 is 22.7 Å². The number of benzene rings is 2. The van der Waals surface area contributed by atoms with Crippen molar-refractivity contribution in [3.63, 3.8) is 0 Å². The van der Waals surface area contributed by atoms with Crippen LogP contribution >= 0.6 is 0 Å². The minimum atomic E-state index is -3.60. The molecule has 0 atom stereocenters. The van der Waals surface area contributed by atoms with Gasteiger partial charge in [0.2, 0.25) is 10.0 Å². The van der Waals surface area contributed by atoms with E-state index in [9.17, 15) is 18.0 Å². The number of nitrogens with zero attached hydrogens (tertiary/aromatic N) is 6. The highest BCUT2D eigenvalue weighted by Gasteiger charge is 2.30. The van der Waals surface area contributed by atoms with Crippen molar-refractivity contribution in [1.29, 1.82) is 0 Å². The Morgan fingerprint density at radius 3 is 2.25 bits per heavy atom. The van der Waals surface area contributed by atoms with Crippen LogP contribution in [0.1, 0.15) is 10.4 Å². The summed E-state index contributed by atoms with van der Waals surface area (Å²) in [7, 11) is -3.60. The molecule has 0 radical (unpaired) electrons. The zero-order valence-corrected chi connectivity index (χ0v) is 17.8. The number of carbonyl (C=O) groups is 2. The molecule has 1 aromatic heterocycles. The van der Waals surface area contributed by atoms with Gasteiger partial charge in [-0.3, -0.25) is 4.79 Å². The highest BCUT2D eigenvalue weighted by Crippen LogP contribution is 2.17. The van der Waals surface area contributed by atoms with Crippen LogP contribution in [0.3, 0.4) is 0 Å². The van der Waals surface area contributed by atoms with Crippen molar-refractivity contribution in [2.75, 3.05) is 32.8 Å². The lowest BCUT2D eigenvalue weighted by atomic mass is 10.2. The second kappa shape index (κ2) is 9.24. The van der Waals surface area contributed by atoms with E-state index in [0.29, 0.717) is 5.69 Å². The lowest BCUT2D eigenvalue weighted by Gasteiger charge is -2.33. The minimum Gasteiger partial charge on any atom is -0.452 e. The summed E-state index contributed by atoms with van der Waals surface area (Å²) in [5.74, 6) is -1.01. The number of rotatable bonds is 6. The maximum Gasteiger partial charge on any atom is 0.338 e. The molecule has 3 aromatic rings. The van der Waals surface area contributed by atoms with E-state index in [1.54, 1.807) is 54.6 Å². The molecule has 0 spiro atoms. The van der Waals surface area contributed by atoms with Gasteiger partial charge in [-0.1, -0.05) is 18.2 Å². The molecule has 1 saturated heterocycles. The second-order valence-electron chi connectivity index (χ2n) is 6.98. The molecular weight excluding hydrogens is 436 g/mol. The number of esters is 1. The molecule has 32 heavy (non-hydrogen) atoms. The zero-order valence-electron chi connectivity index (χ0n) is 16.9. The van der Waals surface area contributed by atoms with E-state index in [2.05, 4.69) is 15.5 Å². The first kappa shape index (κ1) is 21.6. The summed E-state index contributed by atoms with van der Waals surface area (Å²) >= 11 is 0. The summed E-state index contributed by atoms with van der Waals surface area (Å²) in [6.07, 6.45) is 1.43. The normalized spacial score (nSPS) is 14.8. The molecular formula is C20H20N6O5S. The SMILES string of the molecule is O=C(OCC(=O)N1CCN(S(=O)(=O)c2ccccc2)CC1)c1ccc(-n2cnnn2)cc1. The maximum atomic E-state index is 12.7. The average Bonchev–Trinajstić information content (AvgIpc) is 3.38. The summed E-state index contributed by atoms with van der Waals surface area (Å²) in [5, 5.41) is 10.8. The summed E-state index contributed by atoms with van der Waals surface area (Å²) in [4.78, 5) is 26.4. The first-order valence-electron chi connectivity index (χ1n) is 9.79. The van der Waals surface area contributed by atoms with Crippen LogP contribution in [-0.2, 0) is 19.6 Å². The van der Waals surface area contributed by atoms with Gasteiger partial charge in [0.15, 0.2) is 6.61 Å². The number of amides is 1. The fourth-order valence-corrected chi connectivity index (χ4v) is 4.69. The Bertz CT molecular complexity index is 1170. The molecule has 1 fully saturated rings. The first-order chi connectivity index (χ1) is 15.4. The third-order valence-corrected chi connectivity index (χ3v) is 6.93. The van der Waals surface area contributed by atoms with Crippen molar-refractivity contribution in [3.8, 4) is 5.69 Å². The van der Waals surface area contributed by atoms with Crippen LogP contribution in [0.2, 0.25) is 0 Å². The molecule has 1 amide bonds. The van der Waals surface area contributed by atoms with E-state index in [0.717, 1.165) is 0 Å². The van der Waals surface area contributed by atoms with Gasteiger partial charge in [0.05, 0.1) is 16.1 Å². The molecule has 166 valence electrons. The molecule has 1 aliphatic rings. The monoisotopic (exact) mass is 456 g/mol. The van der Waals surface area contributed by atoms with Gasteiger partial charge < -0.3 is 9.64 Å². The van der Waals surface area contributed by atoms with Crippen molar-refractivity contribution in [2.24, 2.45) is 0 Å². The molecule has 4 rings (SSSR count). The first-order valence-corrected chi connectivity index (χ1v) is 11.2. The van der Waals surface area contributed by atoms with E-state index >= 15 is 0 Å². The van der Waals surface area contributed by atoms with Gasteiger partial charge in [0.1, 0.15) is 6.33 Å². The number of piperazine rings is 1. The molecule has 0 aliphatic carbocycles. The molecule has 11 nitrogen and oxygen atoms in total. The number of sulfonamides is 1. The topological polar surface area (TPSA) is 128 Å². The molecule has 0 saturated carbocycles. The molecule has 0 unspecified atom stereocenters. The Balaban J connectivity index is 1.27. The van der Waals surface area contributed by atoms with E-state index in [1.165, 1.54) is 20.2 Å². The number of ether oxygens (including phenoxy) is 1. The molecule has 12 heteroatoms.